The Labute approximate surface area is 165 Å². The van der Waals surface area contributed by atoms with E-state index in [4.69, 9.17) is 0 Å². The average Bonchev–Trinajstić information content (AvgIpc) is 3.04. The van der Waals surface area contributed by atoms with Gasteiger partial charge in [0.25, 0.3) is 0 Å². The van der Waals surface area contributed by atoms with Gasteiger partial charge in [0.05, 0.1) is 11.6 Å². The molecule has 1 fully saturated rings. The smallest absolute Gasteiger partial charge is 0.227 e. The lowest BCUT2D eigenvalue weighted by Crippen LogP contribution is -2.34. The van der Waals surface area contributed by atoms with E-state index in [1.165, 1.54) is 28.8 Å². The quantitative estimate of drug-likeness (QED) is 0.714. The summed E-state index contributed by atoms with van der Waals surface area (Å²) in [6, 6.07) is 9.51. The molecule has 0 saturated carbocycles. The summed E-state index contributed by atoms with van der Waals surface area (Å²) in [6.45, 7) is 0.434. The molecule has 0 spiro atoms. The van der Waals surface area contributed by atoms with Gasteiger partial charge in [0.15, 0.2) is 0 Å². The predicted octanol–water partition coefficient (Wildman–Crippen LogP) is 3.51. The summed E-state index contributed by atoms with van der Waals surface area (Å²) in [4.78, 5) is 25.6. The van der Waals surface area contributed by atoms with Gasteiger partial charge in [-0.2, -0.15) is 11.8 Å². The molecule has 28 heavy (non-hydrogen) atoms. The minimum Gasteiger partial charge on any atom is -0.355 e. The first-order valence-electron chi connectivity index (χ1n) is 8.80. The molecule has 0 radical (unpaired) electrons. The molecular weight excluding hydrogens is 389 g/mol. The summed E-state index contributed by atoms with van der Waals surface area (Å²) in [5, 5.41) is 2.76. The van der Waals surface area contributed by atoms with Gasteiger partial charge >= 0.3 is 0 Å². The van der Waals surface area contributed by atoms with Gasteiger partial charge in [0.2, 0.25) is 11.8 Å². The topological polar surface area (TPSA) is 49.4 Å². The molecule has 3 rings (SSSR count). The number of nitrogens with zero attached hydrogens (tertiary/aromatic N) is 1. The summed E-state index contributed by atoms with van der Waals surface area (Å²) in [5.41, 5.74) is 0.583. The molecule has 1 heterocycles. The lowest BCUT2D eigenvalue weighted by atomic mass is 10.1. The van der Waals surface area contributed by atoms with Crippen molar-refractivity contribution in [3.05, 3.63) is 65.5 Å². The van der Waals surface area contributed by atoms with Crippen LogP contribution >= 0.6 is 11.8 Å². The first kappa shape index (κ1) is 20.3. The van der Waals surface area contributed by atoms with Crippen LogP contribution in [0.3, 0.4) is 0 Å². The highest BCUT2D eigenvalue weighted by molar-refractivity contribution is 7.98. The standard InChI is InChI=1S/C20H19F3N2O2S/c21-15-5-6-18(17(23)10-15)25-11-14(9-19(25)26)20(27)24-7-8-28-12-13-3-1-2-4-16(13)22/h1-6,10,14H,7-9,11-12H2,(H,24,27). The number of nitrogens with one attached hydrogen (secondary N) is 1. The van der Waals surface area contributed by atoms with Crippen molar-refractivity contribution >= 4 is 29.3 Å². The fourth-order valence-electron chi connectivity index (χ4n) is 3.00. The van der Waals surface area contributed by atoms with Crippen molar-refractivity contribution in [1.29, 1.82) is 0 Å². The summed E-state index contributed by atoms with van der Waals surface area (Å²) in [7, 11) is 0. The molecule has 1 N–H and O–H groups in total. The lowest BCUT2D eigenvalue weighted by Gasteiger charge is -2.17. The largest absolute Gasteiger partial charge is 0.355 e. The van der Waals surface area contributed by atoms with Gasteiger partial charge in [-0.1, -0.05) is 18.2 Å². The molecule has 2 aromatic carbocycles. The van der Waals surface area contributed by atoms with Gasteiger partial charge in [-0.25, -0.2) is 13.2 Å². The summed E-state index contributed by atoms with van der Waals surface area (Å²) < 4.78 is 40.5. The lowest BCUT2D eigenvalue weighted by molar-refractivity contribution is -0.126. The molecule has 1 aliphatic rings. The van der Waals surface area contributed by atoms with Crippen LogP contribution in [0.4, 0.5) is 18.9 Å². The van der Waals surface area contributed by atoms with Crippen LogP contribution in [-0.4, -0.2) is 30.7 Å². The number of hydrogen-bond acceptors (Lipinski definition) is 3. The van der Waals surface area contributed by atoms with Gasteiger partial charge in [-0.05, 0) is 23.8 Å². The maximum atomic E-state index is 13.9. The molecule has 4 nitrogen and oxygen atoms in total. The molecule has 2 amide bonds. The van der Waals surface area contributed by atoms with E-state index in [1.807, 2.05) is 0 Å². The van der Waals surface area contributed by atoms with Crippen molar-refractivity contribution < 1.29 is 22.8 Å². The normalized spacial score (nSPS) is 16.5. The van der Waals surface area contributed by atoms with Crippen LogP contribution < -0.4 is 10.2 Å². The van der Waals surface area contributed by atoms with Crippen LogP contribution in [0.2, 0.25) is 0 Å². The Bertz CT molecular complexity index is 878. The molecule has 1 unspecified atom stereocenters. The van der Waals surface area contributed by atoms with Crippen molar-refractivity contribution in [3.63, 3.8) is 0 Å². The first-order chi connectivity index (χ1) is 13.5. The fourth-order valence-corrected chi connectivity index (χ4v) is 3.85. The Morgan fingerprint density at radius 3 is 2.68 bits per heavy atom. The maximum absolute atomic E-state index is 13.9. The summed E-state index contributed by atoms with van der Waals surface area (Å²) in [6.07, 6.45) is -0.0228. The molecule has 1 atom stereocenters. The second-order valence-corrected chi connectivity index (χ2v) is 7.54. The highest BCUT2D eigenvalue weighted by atomic mass is 32.2. The van der Waals surface area contributed by atoms with Crippen LogP contribution in [0.1, 0.15) is 12.0 Å². The molecule has 1 saturated heterocycles. The van der Waals surface area contributed by atoms with Gasteiger partial charge in [0.1, 0.15) is 17.5 Å². The van der Waals surface area contributed by atoms with E-state index in [0.29, 0.717) is 29.7 Å². The number of benzene rings is 2. The Morgan fingerprint density at radius 2 is 1.93 bits per heavy atom. The zero-order chi connectivity index (χ0) is 20.1. The number of anilines is 1. The Morgan fingerprint density at radius 1 is 1.14 bits per heavy atom. The molecular formula is C20H19F3N2O2S. The molecule has 1 aliphatic heterocycles. The SMILES string of the molecule is O=C(NCCSCc1ccccc1F)C1CC(=O)N(c2ccc(F)cc2F)C1. The van der Waals surface area contributed by atoms with E-state index in [2.05, 4.69) is 5.32 Å². The molecule has 0 bridgehead atoms. The van der Waals surface area contributed by atoms with Crippen LogP contribution in [0.25, 0.3) is 0 Å². The Balaban J connectivity index is 1.45. The summed E-state index contributed by atoms with van der Waals surface area (Å²) in [5.74, 6) is -1.97. The Hall–Kier alpha value is -2.48. The zero-order valence-corrected chi connectivity index (χ0v) is 15.8. The van der Waals surface area contributed by atoms with E-state index in [0.717, 1.165) is 6.07 Å². The number of amides is 2. The second kappa shape index (κ2) is 9.14. The fraction of sp³-hybridized carbons (Fsp3) is 0.300. The maximum Gasteiger partial charge on any atom is 0.227 e. The van der Waals surface area contributed by atoms with E-state index < -0.39 is 17.6 Å². The highest BCUT2D eigenvalue weighted by Gasteiger charge is 2.36. The number of thioether (sulfide) groups is 1. The highest BCUT2D eigenvalue weighted by Crippen LogP contribution is 2.28. The predicted molar refractivity (Wildman–Crippen MR) is 102 cm³/mol. The van der Waals surface area contributed by atoms with E-state index in [9.17, 15) is 22.8 Å². The third-order valence-electron chi connectivity index (χ3n) is 4.46. The third-order valence-corrected chi connectivity index (χ3v) is 5.47. The molecule has 8 heteroatoms. The van der Waals surface area contributed by atoms with Gasteiger partial charge in [-0.15, -0.1) is 0 Å². The minimum atomic E-state index is -0.834. The minimum absolute atomic E-state index is 0.0228. The van der Waals surface area contributed by atoms with Crippen molar-refractivity contribution in [2.75, 3.05) is 23.7 Å². The average molecular weight is 408 g/mol. The van der Waals surface area contributed by atoms with Crippen LogP contribution in [-0.2, 0) is 15.3 Å². The zero-order valence-electron chi connectivity index (χ0n) is 15.0. The first-order valence-corrected chi connectivity index (χ1v) is 9.95. The van der Waals surface area contributed by atoms with Crippen LogP contribution in [0.5, 0.6) is 0 Å². The van der Waals surface area contributed by atoms with E-state index in [1.54, 1.807) is 18.2 Å². The number of rotatable bonds is 7. The van der Waals surface area contributed by atoms with Gasteiger partial charge < -0.3 is 10.2 Å². The number of carbonyl (C=O) groups excluding carboxylic acids is 2. The van der Waals surface area contributed by atoms with Crippen molar-refractivity contribution in [2.45, 2.75) is 12.2 Å². The molecule has 0 aliphatic carbocycles. The van der Waals surface area contributed by atoms with E-state index in [-0.39, 0.29) is 36.3 Å². The molecule has 2 aromatic rings. The van der Waals surface area contributed by atoms with Crippen molar-refractivity contribution in [1.82, 2.24) is 5.32 Å². The van der Waals surface area contributed by atoms with Crippen molar-refractivity contribution in [3.8, 4) is 0 Å². The molecule has 148 valence electrons. The summed E-state index contributed by atoms with van der Waals surface area (Å²) >= 11 is 1.49. The monoisotopic (exact) mass is 408 g/mol. The number of carbonyl (C=O) groups is 2. The van der Waals surface area contributed by atoms with Crippen molar-refractivity contribution in [2.24, 2.45) is 5.92 Å². The van der Waals surface area contributed by atoms with Crippen LogP contribution in [0, 0.1) is 23.4 Å². The molecule has 0 aromatic heterocycles. The third kappa shape index (κ3) is 4.86. The van der Waals surface area contributed by atoms with Gasteiger partial charge in [-0.3, -0.25) is 9.59 Å². The van der Waals surface area contributed by atoms with Crippen LogP contribution in [0.15, 0.2) is 42.5 Å². The second-order valence-electron chi connectivity index (χ2n) is 6.44. The Kier molecular flexibility index (Phi) is 6.61. The number of hydrogen-bond donors (Lipinski definition) is 1. The van der Waals surface area contributed by atoms with Gasteiger partial charge in [0, 0.05) is 37.1 Å². The number of halogens is 3. The van der Waals surface area contributed by atoms with E-state index >= 15 is 0 Å².